The number of nitrogens with one attached hydrogen (secondary N) is 1. The second-order valence-electron chi connectivity index (χ2n) is 4.47. The number of carbonyl (C=O) groups is 1. The van der Waals surface area contributed by atoms with Crippen LogP contribution in [0.4, 0.5) is 11.4 Å². The van der Waals surface area contributed by atoms with Gasteiger partial charge in [-0.1, -0.05) is 6.42 Å². The summed E-state index contributed by atoms with van der Waals surface area (Å²) < 4.78 is 0. The van der Waals surface area contributed by atoms with E-state index in [0.29, 0.717) is 18.2 Å². The average molecular weight is 250 g/mol. The maximum Gasteiger partial charge on any atom is 0.337 e. The minimum absolute atomic E-state index is 0.0694. The third-order valence-corrected chi connectivity index (χ3v) is 3.25. The van der Waals surface area contributed by atoms with Crippen LogP contribution in [0.15, 0.2) is 18.2 Å². The highest BCUT2D eigenvalue weighted by Crippen LogP contribution is 2.28. The third kappa shape index (κ3) is 2.58. The highest BCUT2D eigenvalue weighted by atomic mass is 16.6. The van der Waals surface area contributed by atoms with E-state index in [0.717, 1.165) is 12.8 Å². The SMILES string of the molecule is O=C(O)c1ccc([N+](=O)[O-])cc1NCC1CCC1. The normalized spacial score (nSPS) is 14.9. The number of carboxylic acid groups (broad SMARTS) is 1. The Hall–Kier alpha value is -2.11. The summed E-state index contributed by atoms with van der Waals surface area (Å²) in [5, 5.41) is 22.7. The lowest BCUT2D eigenvalue weighted by atomic mass is 9.85. The molecule has 0 radical (unpaired) electrons. The Labute approximate surface area is 104 Å². The second kappa shape index (κ2) is 5.03. The molecule has 0 aliphatic heterocycles. The lowest BCUT2D eigenvalue weighted by Gasteiger charge is -2.26. The minimum atomic E-state index is -1.08. The van der Waals surface area contributed by atoms with Gasteiger partial charge in [-0.2, -0.15) is 0 Å². The number of non-ortho nitro benzene ring substituents is 1. The van der Waals surface area contributed by atoms with Gasteiger partial charge in [-0.25, -0.2) is 4.79 Å². The van der Waals surface area contributed by atoms with Gasteiger partial charge in [0.2, 0.25) is 0 Å². The van der Waals surface area contributed by atoms with Crippen molar-refractivity contribution >= 4 is 17.3 Å². The number of nitrogens with zero attached hydrogens (tertiary/aromatic N) is 1. The van der Waals surface area contributed by atoms with Gasteiger partial charge in [0, 0.05) is 18.7 Å². The number of benzene rings is 1. The van der Waals surface area contributed by atoms with Crippen LogP contribution in [0.3, 0.4) is 0 Å². The molecule has 0 amide bonds. The maximum atomic E-state index is 11.0. The zero-order chi connectivity index (χ0) is 13.1. The number of rotatable bonds is 5. The van der Waals surface area contributed by atoms with Gasteiger partial charge in [0.25, 0.3) is 5.69 Å². The van der Waals surface area contributed by atoms with Crippen molar-refractivity contribution in [2.45, 2.75) is 19.3 Å². The fourth-order valence-electron chi connectivity index (χ4n) is 1.93. The van der Waals surface area contributed by atoms with Crippen molar-refractivity contribution in [3.63, 3.8) is 0 Å². The predicted molar refractivity (Wildman–Crippen MR) is 65.9 cm³/mol. The molecule has 1 saturated carbocycles. The van der Waals surface area contributed by atoms with Gasteiger partial charge < -0.3 is 10.4 Å². The summed E-state index contributed by atoms with van der Waals surface area (Å²) in [7, 11) is 0. The quantitative estimate of drug-likeness (QED) is 0.618. The first-order chi connectivity index (χ1) is 8.58. The first-order valence-corrected chi connectivity index (χ1v) is 5.83. The lowest BCUT2D eigenvalue weighted by molar-refractivity contribution is -0.384. The first kappa shape index (κ1) is 12.3. The Bertz CT molecular complexity index is 483. The van der Waals surface area contributed by atoms with E-state index in [1.54, 1.807) is 0 Å². The highest BCUT2D eigenvalue weighted by Gasteiger charge is 2.19. The zero-order valence-electron chi connectivity index (χ0n) is 9.76. The molecule has 6 heteroatoms. The highest BCUT2D eigenvalue weighted by molar-refractivity contribution is 5.94. The van der Waals surface area contributed by atoms with Crippen molar-refractivity contribution in [2.75, 3.05) is 11.9 Å². The molecule has 1 aromatic rings. The number of nitro groups is 1. The van der Waals surface area contributed by atoms with Crippen LogP contribution in [-0.4, -0.2) is 22.5 Å². The molecule has 0 spiro atoms. The van der Waals surface area contributed by atoms with Crippen molar-refractivity contribution in [3.8, 4) is 0 Å². The van der Waals surface area contributed by atoms with Gasteiger partial charge in [-0.3, -0.25) is 10.1 Å². The summed E-state index contributed by atoms with van der Waals surface area (Å²) in [5.74, 6) is -0.535. The zero-order valence-corrected chi connectivity index (χ0v) is 9.76. The van der Waals surface area contributed by atoms with Gasteiger partial charge in [-0.05, 0) is 24.8 Å². The van der Waals surface area contributed by atoms with E-state index in [1.165, 1.54) is 24.6 Å². The molecule has 0 saturated heterocycles. The number of nitro benzene ring substituents is 1. The summed E-state index contributed by atoms with van der Waals surface area (Å²) >= 11 is 0. The molecule has 0 aromatic heterocycles. The van der Waals surface area contributed by atoms with E-state index in [4.69, 9.17) is 5.11 Å². The van der Waals surface area contributed by atoms with Crippen LogP contribution in [-0.2, 0) is 0 Å². The van der Waals surface area contributed by atoms with E-state index in [1.807, 2.05) is 0 Å². The van der Waals surface area contributed by atoms with Crippen LogP contribution in [0.2, 0.25) is 0 Å². The van der Waals surface area contributed by atoms with Gasteiger partial charge in [0.15, 0.2) is 0 Å². The molecule has 96 valence electrons. The van der Waals surface area contributed by atoms with Crippen LogP contribution >= 0.6 is 0 Å². The van der Waals surface area contributed by atoms with Crippen molar-refractivity contribution in [1.82, 2.24) is 0 Å². The van der Waals surface area contributed by atoms with Crippen molar-refractivity contribution in [3.05, 3.63) is 33.9 Å². The van der Waals surface area contributed by atoms with Gasteiger partial charge in [-0.15, -0.1) is 0 Å². The monoisotopic (exact) mass is 250 g/mol. The third-order valence-electron chi connectivity index (χ3n) is 3.25. The van der Waals surface area contributed by atoms with E-state index in [2.05, 4.69) is 5.32 Å². The smallest absolute Gasteiger partial charge is 0.337 e. The molecule has 2 rings (SSSR count). The summed E-state index contributed by atoms with van der Waals surface area (Å²) in [4.78, 5) is 21.2. The van der Waals surface area contributed by atoms with E-state index < -0.39 is 10.9 Å². The maximum absolute atomic E-state index is 11.0. The number of carboxylic acids is 1. The molecule has 0 heterocycles. The Morgan fingerprint density at radius 1 is 1.50 bits per heavy atom. The van der Waals surface area contributed by atoms with E-state index >= 15 is 0 Å². The topological polar surface area (TPSA) is 92.5 Å². The molecule has 0 unspecified atom stereocenters. The molecule has 1 fully saturated rings. The Kier molecular flexibility index (Phi) is 3.45. The Morgan fingerprint density at radius 3 is 2.72 bits per heavy atom. The first-order valence-electron chi connectivity index (χ1n) is 5.83. The summed E-state index contributed by atoms with van der Waals surface area (Å²) in [5.41, 5.74) is 0.291. The van der Waals surface area contributed by atoms with Crippen molar-refractivity contribution < 1.29 is 14.8 Å². The molecule has 0 bridgehead atoms. The van der Waals surface area contributed by atoms with Gasteiger partial charge in [0.05, 0.1) is 16.2 Å². The van der Waals surface area contributed by atoms with Gasteiger partial charge >= 0.3 is 5.97 Å². The van der Waals surface area contributed by atoms with Crippen molar-refractivity contribution in [1.29, 1.82) is 0 Å². The Morgan fingerprint density at radius 2 is 2.22 bits per heavy atom. The number of anilines is 1. The number of aromatic carboxylic acids is 1. The largest absolute Gasteiger partial charge is 0.478 e. The van der Waals surface area contributed by atoms with Crippen LogP contribution in [0.5, 0.6) is 0 Å². The van der Waals surface area contributed by atoms with E-state index in [-0.39, 0.29) is 11.3 Å². The summed E-state index contributed by atoms with van der Waals surface area (Å²) in [6.07, 6.45) is 3.46. The molecule has 1 aliphatic carbocycles. The molecule has 1 aliphatic rings. The van der Waals surface area contributed by atoms with Crippen molar-refractivity contribution in [2.24, 2.45) is 5.92 Å². The summed E-state index contributed by atoms with van der Waals surface area (Å²) in [6.45, 7) is 0.668. The Balaban J connectivity index is 2.19. The minimum Gasteiger partial charge on any atom is -0.478 e. The summed E-state index contributed by atoms with van der Waals surface area (Å²) in [6, 6.07) is 3.75. The average Bonchev–Trinajstić information content (AvgIpc) is 2.26. The van der Waals surface area contributed by atoms with E-state index in [9.17, 15) is 14.9 Å². The molecule has 0 atom stereocenters. The molecule has 18 heavy (non-hydrogen) atoms. The molecular formula is C12H14N2O4. The molecular weight excluding hydrogens is 236 g/mol. The predicted octanol–water partition coefficient (Wildman–Crippen LogP) is 2.51. The lowest BCUT2D eigenvalue weighted by Crippen LogP contribution is -2.21. The fourth-order valence-corrected chi connectivity index (χ4v) is 1.93. The molecule has 1 aromatic carbocycles. The van der Waals surface area contributed by atoms with Crippen LogP contribution in [0.25, 0.3) is 0 Å². The molecule has 6 nitrogen and oxygen atoms in total. The standard InChI is InChI=1S/C12H14N2O4/c15-12(16)10-5-4-9(14(17)18)6-11(10)13-7-8-2-1-3-8/h4-6,8,13H,1-3,7H2,(H,15,16). The second-order valence-corrected chi connectivity index (χ2v) is 4.47. The number of hydrogen-bond donors (Lipinski definition) is 2. The van der Waals surface area contributed by atoms with Crippen LogP contribution in [0, 0.1) is 16.0 Å². The van der Waals surface area contributed by atoms with Crippen LogP contribution in [0.1, 0.15) is 29.6 Å². The number of hydrogen-bond acceptors (Lipinski definition) is 4. The van der Waals surface area contributed by atoms with Gasteiger partial charge in [0.1, 0.15) is 0 Å². The fraction of sp³-hybridized carbons (Fsp3) is 0.417. The van der Waals surface area contributed by atoms with Crippen LogP contribution < -0.4 is 5.32 Å². The molecule has 2 N–H and O–H groups in total.